The van der Waals surface area contributed by atoms with Crippen molar-refractivity contribution in [3.63, 3.8) is 0 Å². The van der Waals surface area contributed by atoms with Gasteiger partial charge in [0.2, 0.25) is 0 Å². The molecule has 152 valence electrons. The van der Waals surface area contributed by atoms with Gasteiger partial charge in [-0.05, 0) is 54.7 Å². The van der Waals surface area contributed by atoms with Gasteiger partial charge in [-0.1, -0.05) is 46.3 Å². The van der Waals surface area contributed by atoms with Crippen LogP contribution in [0.25, 0.3) is 31.8 Å². The van der Waals surface area contributed by atoms with E-state index in [1.807, 2.05) is 66.7 Å². The maximum atomic E-state index is 12.6. The molecule has 0 aliphatic rings. The summed E-state index contributed by atoms with van der Waals surface area (Å²) >= 11 is 10.5. The van der Waals surface area contributed by atoms with Crippen LogP contribution in [0.3, 0.4) is 0 Å². The number of rotatable bonds is 3. The van der Waals surface area contributed by atoms with E-state index in [0.717, 1.165) is 36.3 Å². The number of anilines is 1. The molecule has 31 heavy (non-hydrogen) atoms. The zero-order valence-electron chi connectivity index (χ0n) is 15.9. The second kappa shape index (κ2) is 8.22. The molecule has 5 nitrogen and oxygen atoms in total. The van der Waals surface area contributed by atoms with Crippen molar-refractivity contribution in [3.05, 3.63) is 83.0 Å². The molecule has 2 N–H and O–H groups in total. The van der Waals surface area contributed by atoms with Crippen molar-refractivity contribution in [2.45, 2.75) is 0 Å². The Hall–Kier alpha value is -3.07. The monoisotopic (exact) mass is 507 g/mol. The minimum Gasteiger partial charge on any atom is -0.451 e. The number of benzene rings is 3. The fourth-order valence-corrected chi connectivity index (χ4v) is 4.76. The number of carbonyl (C=O) groups excluding carboxylic acids is 1. The molecular formula is C23H14BrN3O2S2. The lowest BCUT2D eigenvalue weighted by Gasteiger charge is -2.12. The number of nitrogens with zero attached hydrogens (tertiary/aromatic N) is 1. The van der Waals surface area contributed by atoms with Crippen molar-refractivity contribution >= 4 is 77.4 Å². The first kappa shape index (κ1) is 19.9. The van der Waals surface area contributed by atoms with Crippen LogP contribution in [0.1, 0.15) is 10.6 Å². The van der Waals surface area contributed by atoms with Gasteiger partial charge in [0.15, 0.2) is 10.9 Å². The van der Waals surface area contributed by atoms with E-state index < -0.39 is 5.91 Å². The zero-order chi connectivity index (χ0) is 21.4. The van der Waals surface area contributed by atoms with Gasteiger partial charge in [0, 0.05) is 15.4 Å². The largest absolute Gasteiger partial charge is 0.451 e. The van der Waals surface area contributed by atoms with Crippen molar-refractivity contribution in [1.29, 1.82) is 0 Å². The van der Waals surface area contributed by atoms with Crippen molar-refractivity contribution < 1.29 is 9.21 Å². The molecule has 0 atom stereocenters. The third-order valence-electron chi connectivity index (χ3n) is 4.63. The van der Waals surface area contributed by atoms with Gasteiger partial charge in [0.05, 0.1) is 15.9 Å². The number of amides is 1. The molecule has 2 heterocycles. The topological polar surface area (TPSA) is 67.2 Å². The number of nitrogens with one attached hydrogen (secondary N) is 2. The Morgan fingerprint density at radius 3 is 2.68 bits per heavy atom. The van der Waals surface area contributed by atoms with Gasteiger partial charge in [0.1, 0.15) is 10.6 Å². The summed E-state index contributed by atoms with van der Waals surface area (Å²) in [5, 5.41) is 7.70. The Morgan fingerprint density at radius 2 is 1.84 bits per heavy atom. The molecule has 0 saturated heterocycles. The minimum absolute atomic E-state index is 0.176. The number of thiazole rings is 1. The van der Waals surface area contributed by atoms with Gasteiger partial charge in [-0.25, -0.2) is 4.98 Å². The van der Waals surface area contributed by atoms with Crippen LogP contribution in [0.5, 0.6) is 0 Å². The van der Waals surface area contributed by atoms with Crippen LogP contribution in [-0.2, 0) is 0 Å². The SMILES string of the molecule is O=C(NC(=S)Nc1ccc(Br)cc1-c1nc2ccccc2s1)c1cc2ccccc2o1. The number of thiocarbonyl (C=S) groups is 1. The normalized spacial score (nSPS) is 11.0. The number of fused-ring (bicyclic) bond motifs is 2. The molecule has 3 aromatic carbocycles. The van der Waals surface area contributed by atoms with E-state index in [1.165, 1.54) is 0 Å². The lowest BCUT2D eigenvalue weighted by atomic mass is 10.2. The molecule has 0 radical (unpaired) electrons. The molecule has 0 bridgehead atoms. The average Bonchev–Trinajstić information content (AvgIpc) is 3.39. The summed E-state index contributed by atoms with van der Waals surface area (Å²) in [6, 6.07) is 22.9. The number of aromatic nitrogens is 1. The highest BCUT2D eigenvalue weighted by Gasteiger charge is 2.16. The quantitative estimate of drug-likeness (QED) is 0.269. The van der Waals surface area contributed by atoms with E-state index in [2.05, 4.69) is 26.6 Å². The average molecular weight is 508 g/mol. The molecule has 1 amide bonds. The number of hydrogen-bond donors (Lipinski definition) is 2. The second-order valence-electron chi connectivity index (χ2n) is 6.73. The van der Waals surface area contributed by atoms with Gasteiger partial charge < -0.3 is 9.73 Å². The predicted octanol–water partition coefficient (Wildman–Crippen LogP) is 6.60. The summed E-state index contributed by atoms with van der Waals surface area (Å²) in [6.07, 6.45) is 0. The summed E-state index contributed by atoms with van der Waals surface area (Å²) in [5.74, 6) is -0.208. The van der Waals surface area contributed by atoms with E-state index in [0.29, 0.717) is 5.58 Å². The van der Waals surface area contributed by atoms with Crippen molar-refractivity contribution in [1.82, 2.24) is 10.3 Å². The number of carbonyl (C=O) groups is 1. The van der Waals surface area contributed by atoms with E-state index >= 15 is 0 Å². The van der Waals surface area contributed by atoms with E-state index in [1.54, 1.807) is 17.4 Å². The molecule has 0 fully saturated rings. The molecule has 5 rings (SSSR count). The Bertz CT molecular complexity index is 1390. The smallest absolute Gasteiger partial charge is 0.293 e. The number of para-hydroxylation sites is 2. The standard InChI is InChI=1S/C23H14BrN3O2S2/c24-14-9-10-16(15(12-14)22-25-17-6-2-4-8-20(17)31-22)26-23(30)27-21(28)19-11-13-5-1-3-7-18(13)29-19/h1-12H,(H2,26,27,28,30). The molecule has 0 unspecified atom stereocenters. The van der Waals surface area contributed by atoms with Crippen LogP contribution in [0.4, 0.5) is 5.69 Å². The molecule has 0 spiro atoms. The molecule has 0 aliphatic heterocycles. The molecule has 0 aliphatic carbocycles. The summed E-state index contributed by atoms with van der Waals surface area (Å²) in [6.45, 7) is 0. The summed E-state index contributed by atoms with van der Waals surface area (Å²) in [5.41, 5.74) is 3.22. The summed E-state index contributed by atoms with van der Waals surface area (Å²) < 4.78 is 7.63. The fraction of sp³-hybridized carbons (Fsp3) is 0. The Labute approximate surface area is 195 Å². The molecule has 5 aromatic rings. The lowest BCUT2D eigenvalue weighted by Crippen LogP contribution is -2.34. The van der Waals surface area contributed by atoms with Gasteiger partial charge in [-0.15, -0.1) is 11.3 Å². The predicted molar refractivity (Wildman–Crippen MR) is 133 cm³/mol. The van der Waals surface area contributed by atoms with E-state index in [9.17, 15) is 4.79 Å². The fourth-order valence-electron chi connectivity index (χ4n) is 3.20. The van der Waals surface area contributed by atoms with Crippen LogP contribution in [0.15, 0.2) is 81.7 Å². The van der Waals surface area contributed by atoms with Crippen LogP contribution < -0.4 is 10.6 Å². The first-order valence-electron chi connectivity index (χ1n) is 9.33. The van der Waals surface area contributed by atoms with Gasteiger partial charge in [0.25, 0.3) is 5.91 Å². The minimum atomic E-state index is -0.410. The third kappa shape index (κ3) is 4.10. The van der Waals surface area contributed by atoms with Crippen molar-refractivity contribution in [2.75, 3.05) is 5.32 Å². The highest BCUT2D eigenvalue weighted by atomic mass is 79.9. The first-order valence-corrected chi connectivity index (χ1v) is 11.3. The lowest BCUT2D eigenvalue weighted by molar-refractivity contribution is 0.0953. The van der Waals surface area contributed by atoms with Crippen molar-refractivity contribution in [3.8, 4) is 10.6 Å². The molecular weight excluding hydrogens is 494 g/mol. The second-order valence-corrected chi connectivity index (χ2v) is 9.09. The van der Waals surface area contributed by atoms with E-state index in [4.69, 9.17) is 21.6 Å². The van der Waals surface area contributed by atoms with Gasteiger partial charge in [-0.3, -0.25) is 10.1 Å². The van der Waals surface area contributed by atoms with E-state index in [-0.39, 0.29) is 10.9 Å². The number of halogens is 1. The highest BCUT2D eigenvalue weighted by Crippen LogP contribution is 2.36. The van der Waals surface area contributed by atoms with Gasteiger partial charge in [-0.2, -0.15) is 0 Å². The highest BCUT2D eigenvalue weighted by molar-refractivity contribution is 9.10. The zero-order valence-corrected chi connectivity index (χ0v) is 19.1. The molecule has 8 heteroatoms. The third-order valence-corrected chi connectivity index (χ3v) is 6.40. The Kier molecular flexibility index (Phi) is 5.27. The Morgan fingerprint density at radius 1 is 1.03 bits per heavy atom. The molecule has 2 aromatic heterocycles. The van der Waals surface area contributed by atoms with Crippen LogP contribution >= 0.6 is 39.5 Å². The summed E-state index contributed by atoms with van der Waals surface area (Å²) in [7, 11) is 0. The maximum Gasteiger partial charge on any atom is 0.293 e. The number of furan rings is 1. The summed E-state index contributed by atoms with van der Waals surface area (Å²) in [4.78, 5) is 17.3. The van der Waals surface area contributed by atoms with Crippen molar-refractivity contribution in [2.24, 2.45) is 0 Å². The Balaban J connectivity index is 1.39. The van der Waals surface area contributed by atoms with Gasteiger partial charge >= 0.3 is 0 Å². The first-order chi connectivity index (χ1) is 15.1. The molecule has 0 saturated carbocycles. The van der Waals surface area contributed by atoms with Crippen LogP contribution in [0, 0.1) is 0 Å². The van der Waals surface area contributed by atoms with Crippen LogP contribution in [-0.4, -0.2) is 16.0 Å². The van der Waals surface area contributed by atoms with Crippen LogP contribution in [0.2, 0.25) is 0 Å². The number of hydrogen-bond acceptors (Lipinski definition) is 5. The maximum absolute atomic E-state index is 12.6.